The van der Waals surface area contributed by atoms with Crippen molar-refractivity contribution in [3.05, 3.63) is 87.1 Å². The highest BCUT2D eigenvalue weighted by atomic mass is 32.1. The Kier molecular flexibility index (Phi) is 6.23. The number of amides is 2. The van der Waals surface area contributed by atoms with Crippen LogP contribution in [0.1, 0.15) is 44.3 Å². The summed E-state index contributed by atoms with van der Waals surface area (Å²) in [5.41, 5.74) is 8.32. The third-order valence-electron chi connectivity index (χ3n) is 5.52. The Bertz CT molecular complexity index is 1250. The van der Waals surface area contributed by atoms with Crippen molar-refractivity contribution in [1.82, 2.24) is 5.32 Å². The third kappa shape index (κ3) is 4.63. The highest BCUT2D eigenvalue weighted by Gasteiger charge is 2.34. The number of aliphatic carboxylic acids is 1. The number of nitrogens with one attached hydrogen (secondary N) is 2. The molecule has 2 aromatic carbocycles. The molecule has 1 aliphatic heterocycles. The van der Waals surface area contributed by atoms with Crippen LogP contribution >= 0.6 is 11.3 Å². The number of carboxylic acids is 1. The van der Waals surface area contributed by atoms with Gasteiger partial charge >= 0.3 is 5.97 Å². The molecule has 1 aliphatic rings. The van der Waals surface area contributed by atoms with E-state index < -0.39 is 11.9 Å². The van der Waals surface area contributed by atoms with Crippen molar-refractivity contribution >= 4 is 40.6 Å². The van der Waals surface area contributed by atoms with Gasteiger partial charge in [0.15, 0.2) is 0 Å². The number of amidine groups is 1. The number of benzene rings is 2. The predicted molar refractivity (Wildman–Crippen MR) is 126 cm³/mol. The van der Waals surface area contributed by atoms with E-state index in [-0.39, 0.29) is 37.2 Å². The topological polar surface area (TPSA) is 137 Å². The first-order valence-corrected chi connectivity index (χ1v) is 11.1. The summed E-state index contributed by atoms with van der Waals surface area (Å²) in [5.74, 6) is -2.22. The van der Waals surface area contributed by atoms with Gasteiger partial charge in [0.2, 0.25) is 5.91 Å². The standard InChI is InChI=1S/C24H22N4O4S/c25-23(26)14-9-15(33-13-14)11-27-21(29)12-28-20-8-4-3-6-17(20)19(10-22(30)31)16-5-1-2-7-18(16)24(28)32/h1-9,13,19H,10-12H2,(H3,25,26)(H,27,29)(H,30,31). The lowest BCUT2D eigenvalue weighted by molar-refractivity contribution is -0.137. The summed E-state index contributed by atoms with van der Waals surface area (Å²) >= 11 is 1.38. The first kappa shape index (κ1) is 22.2. The Morgan fingerprint density at radius 2 is 1.82 bits per heavy atom. The van der Waals surface area contributed by atoms with Crippen LogP contribution in [-0.2, 0) is 16.1 Å². The van der Waals surface area contributed by atoms with Crippen molar-refractivity contribution in [2.45, 2.75) is 18.9 Å². The van der Waals surface area contributed by atoms with E-state index in [0.29, 0.717) is 27.9 Å². The van der Waals surface area contributed by atoms with Crippen molar-refractivity contribution in [1.29, 1.82) is 5.41 Å². The van der Waals surface area contributed by atoms with E-state index in [2.05, 4.69) is 5.32 Å². The summed E-state index contributed by atoms with van der Waals surface area (Å²) < 4.78 is 0. The first-order valence-electron chi connectivity index (χ1n) is 10.2. The minimum Gasteiger partial charge on any atom is -0.481 e. The van der Waals surface area contributed by atoms with Crippen molar-refractivity contribution in [3.63, 3.8) is 0 Å². The lowest BCUT2D eigenvalue weighted by atomic mass is 9.86. The van der Waals surface area contributed by atoms with E-state index in [4.69, 9.17) is 11.1 Å². The molecule has 1 atom stereocenters. The summed E-state index contributed by atoms with van der Waals surface area (Å²) in [5, 5.41) is 21.6. The lowest BCUT2D eigenvalue weighted by Crippen LogP contribution is -2.40. The number of hydrogen-bond donors (Lipinski definition) is 4. The van der Waals surface area contributed by atoms with Crippen LogP contribution in [0.2, 0.25) is 0 Å². The van der Waals surface area contributed by atoms with Crippen LogP contribution in [-0.4, -0.2) is 35.3 Å². The number of anilines is 1. The maximum absolute atomic E-state index is 13.5. The smallest absolute Gasteiger partial charge is 0.304 e. The van der Waals surface area contributed by atoms with Gasteiger partial charge in [-0.05, 0) is 29.3 Å². The van der Waals surface area contributed by atoms with Gasteiger partial charge in [-0.3, -0.25) is 24.7 Å². The van der Waals surface area contributed by atoms with Crippen molar-refractivity contribution in [2.75, 3.05) is 11.4 Å². The zero-order chi connectivity index (χ0) is 23.5. The molecular formula is C24H22N4O4S. The summed E-state index contributed by atoms with van der Waals surface area (Å²) in [7, 11) is 0. The summed E-state index contributed by atoms with van der Waals surface area (Å²) in [4.78, 5) is 40.1. The zero-order valence-electron chi connectivity index (χ0n) is 17.6. The largest absolute Gasteiger partial charge is 0.481 e. The highest BCUT2D eigenvalue weighted by molar-refractivity contribution is 7.10. The Morgan fingerprint density at radius 1 is 1.12 bits per heavy atom. The molecule has 8 nitrogen and oxygen atoms in total. The fourth-order valence-corrected chi connectivity index (χ4v) is 4.82. The van der Waals surface area contributed by atoms with Gasteiger partial charge in [0.05, 0.1) is 13.0 Å². The Labute approximate surface area is 194 Å². The number of carbonyl (C=O) groups excluding carboxylic acids is 2. The van der Waals surface area contributed by atoms with Crippen LogP contribution in [0.5, 0.6) is 0 Å². The van der Waals surface area contributed by atoms with E-state index in [1.807, 2.05) is 0 Å². The Balaban J connectivity index is 1.63. The number of carboxylic acid groups (broad SMARTS) is 1. The van der Waals surface area contributed by atoms with Gasteiger partial charge in [0, 0.05) is 33.0 Å². The molecule has 1 unspecified atom stereocenters. The third-order valence-corrected chi connectivity index (χ3v) is 6.46. The molecule has 168 valence electrons. The number of fused-ring (bicyclic) bond motifs is 2. The molecule has 2 heterocycles. The minimum atomic E-state index is -0.968. The maximum atomic E-state index is 13.5. The van der Waals surface area contributed by atoms with E-state index in [1.165, 1.54) is 16.2 Å². The quantitative estimate of drug-likeness (QED) is 0.316. The monoisotopic (exact) mass is 462 g/mol. The molecule has 2 amide bonds. The molecule has 0 bridgehead atoms. The molecular weight excluding hydrogens is 440 g/mol. The summed E-state index contributed by atoms with van der Waals surface area (Å²) in [6.07, 6.45) is -0.168. The number of nitrogen functional groups attached to an aromatic ring is 1. The zero-order valence-corrected chi connectivity index (χ0v) is 18.4. The number of para-hydroxylation sites is 1. The molecule has 3 aromatic rings. The second-order valence-corrected chi connectivity index (χ2v) is 8.68. The van der Waals surface area contributed by atoms with E-state index in [9.17, 15) is 19.5 Å². The Morgan fingerprint density at radius 3 is 2.52 bits per heavy atom. The SMILES string of the molecule is N=C(N)c1csc(CNC(=O)CN2C(=O)c3ccccc3C(CC(=O)O)c3ccccc32)c1. The number of rotatable bonds is 7. The molecule has 33 heavy (non-hydrogen) atoms. The van der Waals surface area contributed by atoms with Crippen LogP contribution in [0.25, 0.3) is 0 Å². The number of hydrogen-bond acceptors (Lipinski definition) is 5. The number of nitrogens with two attached hydrogens (primary N) is 1. The highest BCUT2D eigenvalue weighted by Crippen LogP contribution is 2.40. The van der Waals surface area contributed by atoms with Crippen LogP contribution in [0.4, 0.5) is 5.69 Å². The second kappa shape index (κ2) is 9.25. The minimum absolute atomic E-state index is 0.0369. The molecule has 0 radical (unpaired) electrons. The van der Waals surface area contributed by atoms with Gasteiger partial charge in [-0.15, -0.1) is 11.3 Å². The molecule has 0 aliphatic carbocycles. The fraction of sp³-hybridized carbons (Fsp3) is 0.167. The van der Waals surface area contributed by atoms with Crippen LogP contribution in [0, 0.1) is 5.41 Å². The van der Waals surface area contributed by atoms with E-state index in [0.717, 1.165) is 4.88 Å². The summed E-state index contributed by atoms with van der Waals surface area (Å²) in [6.45, 7) is 0.0353. The van der Waals surface area contributed by atoms with Crippen molar-refractivity contribution in [2.24, 2.45) is 5.73 Å². The molecule has 5 N–H and O–H groups in total. The van der Waals surface area contributed by atoms with Crippen molar-refractivity contribution in [3.8, 4) is 0 Å². The van der Waals surface area contributed by atoms with Gasteiger partial charge in [-0.25, -0.2) is 0 Å². The number of carbonyl (C=O) groups is 3. The van der Waals surface area contributed by atoms with Crippen LogP contribution in [0.3, 0.4) is 0 Å². The fourth-order valence-electron chi connectivity index (χ4n) is 4.00. The molecule has 0 saturated heterocycles. The average molecular weight is 463 g/mol. The van der Waals surface area contributed by atoms with E-state index >= 15 is 0 Å². The molecule has 0 saturated carbocycles. The van der Waals surface area contributed by atoms with Crippen molar-refractivity contribution < 1.29 is 19.5 Å². The normalized spacial score (nSPS) is 14.7. The summed E-state index contributed by atoms with van der Waals surface area (Å²) in [6, 6.07) is 15.8. The number of thiophene rings is 1. The second-order valence-electron chi connectivity index (χ2n) is 7.68. The maximum Gasteiger partial charge on any atom is 0.304 e. The van der Waals surface area contributed by atoms with Gasteiger partial charge in [-0.1, -0.05) is 36.4 Å². The Hall–Kier alpha value is -3.98. The van der Waals surface area contributed by atoms with Gasteiger partial charge in [-0.2, -0.15) is 0 Å². The average Bonchev–Trinajstić information content (AvgIpc) is 3.26. The predicted octanol–water partition coefficient (Wildman–Crippen LogP) is 2.92. The molecule has 9 heteroatoms. The van der Waals surface area contributed by atoms with Gasteiger partial charge in [0.1, 0.15) is 12.4 Å². The molecule has 0 fully saturated rings. The molecule has 0 spiro atoms. The molecule has 1 aromatic heterocycles. The molecule has 4 rings (SSSR count). The van der Waals surface area contributed by atoms with Gasteiger partial charge in [0.25, 0.3) is 5.91 Å². The van der Waals surface area contributed by atoms with Gasteiger partial charge < -0.3 is 16.2 Å². The van der Waals surface area contributed by atoms with Crippen LogP contribution < -0.4 is 16.0 Å². The van der Waals surface area contributed by atoms with Crippen LogP contribution in [0.15, 0.2) is 60.0 Å². The first-order chi connectivity index (χ1) is 15.8. The number of nitrogens with zero attached hydrogens (tertiary/aromatic N) is 1. The van der Waals surface area contributed by atoms with E-state index in [1.54, 1.807) is 60.0 Å². The lowest BCUT2D eigenvalue weighted by Gasteiger charge is -2.23.